The van der Waals surface area contributed by atoms with Crippen LogP contribution in [0, 0.1) is 0 Å². The van der Waals surface area contributed by atoms with Crippen LogP contribution >= 0.6 is 0 Å². The molecule has 7 heteroatoms. The number of hydrogen-bond acceptors (Lipinski definition) is 7. The summed E-state index contributed by atoms with van der Waals surface area (Å²) in [5.41, 5.74) is 0.931. The Morgan fingerprint density at radius 2 is 1.87 bits per heavy atom. The van der Waals surface area contributed by atoms with Gasteiger partial charge < -0.3 is 18.7 Å². The maximum absolute atomic E-state index is 13.1. The van der Waals surface area contributed by atoms with E-state index in [0.717, 1.165) is 23.8 Å². The van der Waals surface area contributed by atoms with Gasteiger partial charge in [-0.2, -0.15) is 0 Å². The van der Waals surface area contributed by atoms with Crippen LogP contribution < -0.4 is 5.63 Å². The molecule has 0 fully saturated rings. The summed E-state index contributed by atoms with van der Waals surface area (Å²) >= 11 is 0. The Labute approximate surface area is 229 Å². The smallest absolute Gasteiger partial charge is 0.351 e. The Balaban J connectivity index is 1.69. The monoisotopic (exact) mass is 534 g/mol. The van der Waals surface area contributed by atoms with Crippen molar-refractivity contribution in [1.29, 1.82) is 0 Å². The lowest BCUT2D eigenvalue weighted by molar-refractivity contribution is -0.139. The van der Waals surface area contributed by atoms with E-state index < -0.39 is 22.7 Å². The summed E-state index contributed by atoms with van der Waals surface area (Å²) in [6.45, 7) is 5.63. The number of esters is 1. The average molecular weight is 535 g/mol. The minimum Gasteiger partial charge on any atom is -0.507 e. The maximum atomic E-state index is 13.1. The molecule has 1 unspecified atom stereocenters. The second-order valence-electron chi connectivity index (χ2n) is 9.91. The number of carbonyl (C=O) groups is 2. The van der Waals surface area contributed by atoms with E-state index in [1.807, 2.05) is 25.1 Å². The molecular weight excluding hydrogens is 496 g/mol. The largest absolute Gasteiger partial charge is 0.507 e. The van der Waals surface area contributed by atoms with Crippen molar-refractivity contribution in [3.8, 4) is 5.75 Å². The highest BCUT2D eigenvalue weighted by atomic mass is 16.5. The fourth-order valence-electron chi connectivity index (χ4n) is 4.39. The molecule has 1 N–H and O–H groups in total. The molecule has 0 spiro atoms. The number of ketones is 1. The van der Waals surface area contributed by atoms with Gasteiger partial charge in [0.05, 0.1) is 13.5 Å². The van der Waals surface area contributed by atoms with Gasteiger partial charge in [0.15, 0.2) is 5.78 Å². The van der Waals surface area contributed by atoms with Crippen LogP contribution in [-0.2, 0) is 16.0 Å². The van der Waals surface area contributed by atoms with Gasteiger partial charge in [-0.3, -0.25) is 9.59 Å². The first-order valence-corrected chi connectivity index (χ1v) is 13.6. The zero-order valence-corrected chi connectivity index (χ0v) is 23.2. The highest BCUT2D eigenvalue weighted by Gasteiger charge is 2.22. The molecule has 0 radical (unpaired) electrons. The van der Waals surface area contributed by atoms with Crippen molar-refractivity contribution in [3.63, 3.8) is 0 Å². The van der Waals surface area contributed by atoms with Gasteiger partial charge in [0.25, 0.3) is 0 Å². The molecule has 0 aliphatic heterocycles. The van der Waals surface area contributed by atoms with Crippen molar-refractivity contribution >= 4 is 28.8 Å². The van der Waals surface area contributed by atoms with Crippen LogP contribution in [0.5, 0.6) is 5.75 Å². The predicted molar refractivity (Wildman–Crippen MR) is 152 cm³/mol. The molecule has 0 saturated carbocycles. The first-order valence-electron chi connectivity index (χ1n) is 13.6. The first kappa shape index (κ1) is 29.7. The number of hydrogen-bond donors (Lipinski definition) is 1. The van der Waals surface area contributed by atoms with Crippen molar-refractivity contribution in [2.45, 2.75) is 78.1 Å². The van der Waals surface area contributed by atoms with E-state index in [1.54, 1.807) is 19.1 Å². The SMILES string of the molecule is CCCCCCc1ccc2oc(C=C(C)C(=O)c3c(O)cc(C(C)CC/C=C/CC(=O)OC)oc3=O)cc2c1. The Morgan fingerprint density at radius 1 is 1.08 bits per heavy atom. The topological polar surface area (TPSA) is 107 Å². The van der Waals surface area contributed by atoms with Crippen LogP contribution in [0.15, 0.2) is 61.7 Å². The number of Topliss-reactive ketones (excluding diaryl/α,β-unsaturated/α-hetero) is 1. The van der Waals surface area contributed by atoms with Gasteiger partial charge in [-0.25, -0.2) is 4.79 Å². The fraction of sp³-hybridized carbons (Fsp3) is 0.406. The highest BCUT2D eigenvalue weighted by Crippen LogP contribution is 2.27. The zero-order chi connectivity index (χ0) is 28.4. The Kier molecular flexibility index (Phi) is 10.9. The van der Waals surface area contributed by atoms with E-state index in [9.17, 15) is 19.5 Å². The van der Waals surface area contributed by atoms with E-state index in [0.29, 0.717) is 24.4 Å². The molecule has 3 rings (SSSR count). The van der Waals surface area contributed by atoms with Gasteiger partial charge in [-0.05, 0) is 62.4 Å². The number of methoxy groups -OCH3 is 1. The minimum absolute atomic E-state index is 0.181. The summed E-state index contributed by atoms with van der Waals surface area (Å²) in [7, 11) is 1.34. The van der Waals surface area contributed by atoms with Gasteiger partial charge in [-0.1, -0.05) is 51.3 Å². The molecule has 2 aromatic heterocycles. The van der Waals surface area contributed by atoms with Crippen molar-refractivity contribution < 1.29 is 28.3 Å². The number of ether oxygens (including phenoxy) is 1. The van der Waals surface area contributed by atoms with E-state index in [4.69, 9.17) is 8.83 Å². The number of allylic oxidation sites excluding steroid dienone is 2. The summed E-state index contributed by atoms with van der Waals surface area (Å²) in [5.74, 6) is -0.748. The number of furan rings is 1. The Bertz CT molecular complexity index is 1400. The maximum Gasteiger partial charge on any atom is 0.351 e. The van der Waals surface area contributed by atoms with Crippen molar-refractivity contribution in [2.24, 2.45) is 0 Å². The Hall–Kier alpha value is -3.87. The van der Waals surface area contributed by atoms with E-state index in [1.165, 1.54) is 38.0 Å². The molecule has 0 bridgehead atoms. The van der Waals surface area contributed by atoms with E-state index >= 15 is 0 Å². The summed E-state index contributed by atoms with van der Waals surface area (Å²) in [6.07, 6.45) is 12.4. The molecule has 1 atom stereocenters. The number of fused-ring (bicyclic) bond motifs is 1. The third-order valence-electron chi connectivity index (χ3n) is 6.74. The summed E-state index contributed by atoms with van der Waals surface area (Å²) in [5, 5.41) is 11.5. The molecule has 2 heterocycles. The van der Waals surface area contributed by atoms with Gasteiger partial charge in [0.2, 0.25) is 0 Å². The summed E-state index contributed by atoms with van der Waals surface area (Å²) < 4.78 is 15.9. The predicted octanol–water partition coefficient (Wildman–Crippen LogP) is 7.50. The number of aryl methyl sites for hydroxylation is 1. The fourth-order valence-corrected chi connectivity index (χ4v) is 4.39. The third-order valence-corrected chi connectivity index (χ3v) is 6.74. The minimum atomic E-state index is -0.881. The quantitative estimate of drug-likeness (QED) is 0.0750. The number of rotatable bonds is 14. The lowest BCUT2D eigenvalue weighted by atomic mass is 9.99. The summed E-state index contributed by atoms with van der Waals surface area (Å²) in [6, 6.07) is 9.30. The van der Waals surface area contributed by atoms with Crippen molar-refractivity contribution in [1.82, 2.24) is 0 Å². The molecule has 0 amide bonds. The first-order chi connectivity index (χ1) is 18.7. The van der Waals surface area contributed by atoms with E-state index in [-0.39, 0.29) is 23.9 Å². The molecular formula is C32H38O7. The normalized spacial score (nSPS) is 12.8. The number of carbonyl (C=O) groups excluding carboxylic acids is 2. The molecule has 3 aromatic rings. The highest BCUT2D eigenvalue weighted by molar-refractivity contribution is 6.12. The van der Waals surface area contributed by atoms with Gasteiger partial charge in [-0.15, -0.1) is 0 Å². The van der Waals surface area contributed by atoms with E-state index in [2.05, 4.69) is 23.8 Å². The number of unbranched alkanes of at least 4 members (excludes halogenated alkanes) is 3. The molecule has 7 nitrogen and oxygen atoms in total. The molecule has 0 aliphatic carbocycles. The van der Waals surface area contributed by atoms with Gasteiger partial charge in [0.1, 0.15) is 28.4 Å². The number of aromatic hydroxyl groups is 1. The average Bonchev–Trinajstić information content (AvgIpc) is 3.31. The Morgan fingerprint density at radius 3 is 2.59 bits per heavy atom. The molecule has 208 valence electrons. The third kappa shape index (κ3) is 8.31. The number of benzene rings is 1. The molecule has 39 heavy (non-hydrogen) atoms. The molecule has 1 aromatic carbocycles. The van der Waals surface area contributed by atoms with Crippen molar-refractivity contribution in [2.75, 3.05) is 7.11 Å². The van der Waals surface area contributed by atoms with Crippen LogP contribution in [0.4, 0.5) is 0 Å². The van der Waals surface area contributed by atoms with Crippen LogP contribution in [0.3, 0.4) is 0 Å². The standard InChI is InChI=1S/C32H38O7/c1-5-6-7-10-13-23-15-16-27-24(18-23)19-25(38-27)17-22(3)31(35)30-26(33)20-28(39-32(30)36)21(2)12-9-8-11-14-29(34)37-4/h8,11,15-21,33H,5-7,9-10,12-14H2,1-4H3/b11-8+,22-17?. The second kappa shape index (κ2) is 14.3. The zero-order valence-electron chi connectivity index (χ0n) is 23.2. The van der Waals surface area contributed by atoms with Crippen molar-refractivity contribution in [3.05, 3.63) is 81.1 Å². The lowest BCUT2D eigenvalue weighted by Gasteiger charge is -2.11. The second-order valence-corrected chi connectivity index (χ2v) is 9.91. The van der Waals surface area contributed by atoms with Crippen LogP contribution in [-0.4, -0.2) is 24.0 Å². The lowest BCUT2D eigenvalue weighted by Crippen LogP contribution is -2.16. The molecule has 0 aliphatic rings. The molecule has 0 saturated heterocycles. The van der Waals surface area contributed by atoms with Crippen LogP contribution in [0.1, 0.15) is 99.1 Å². The van der Waals surface area contributed by atoms with Crippen LogP contribution in [0.25, 0.3) is 17.0 Å². The van der Waals surface area contributed by atoms with Gasteiger partial charge in [0, 0.05) is 22.9 Å². The summed E-state index contributed by atoms with van der Waals surface area (Å²) in [4.78, 5) is 36.9. The van der Waals surface area contributed by atoms with Gasteiger partial charge >= 0.3 is 11.6 Å². The van der Waals surface area contributed by atoms with Crippen LogP contribution in [0.2, 0.25) is 0 Å².